The van der Waals surface area contributed by atoms with E-state index in [4.69, 9.17) is 10.00 Å². The minimum atomic E-state index is -0.992. The lowest BCUT2D eigenvalue weighted by atomic mass is 10.1. The van der Waals surface area contributed by atoms with E-state index in [1.807, 2.05) is 30.3 Å². The largest absolute Gasteiger partial charge is 0.497 e. The summed E-state index contributed by atoms with van der Waals surface area (Å²) in [7, 11) is 1.61. The predicted molar refractivity (Wildman–Crippen MR) is 64.8 cm³/mol. The number of likely N-dealkylation sites (tertiary alicyclic amines) is 1. The zero-order valence-electron chi connectivity index (χ0n) is 10.2. The fraction of sp³-hybridized carbons (Fsp3) is 0.462. The highest BCUT2D eigenvalue weighted by Gasteiger charge is 2.39. The molecule has 2 rings (SSSR count). The van der Waals surface area contributed by atoms with Crippen LogP contribution in [0.2, 0.25) is 0 Å². The predicted octanol–water partition coefficient (Wildman–Crippen LogP) is 0.125. The number of methoxy groups -OCH3 is 1. The molecule has 0 saturated carbocycles. The number of ether oxygens (including phenoxy) is 1. The molecule has 1 aliphatic heterocycles. The van der Waals surface area contributed by atoms with Crippen LogP contribution >= 0.6 is 0 Å². The van der Waals surface area contributed by atoms with Crippen LogP contribution < -0.4 is 4.74 Å². The van der Waals surface area contributed by atoms with Crippen molar-refractivity contribution in [3.63, 3.8) is 0 Å². The Morgan fingerprint density at radius 3 is 2.61 bits per heavy atom. The van der Waals surface area contributed by atoms with Crippen molar-refractivity contribution in [3.8, 4) is 11.8 Å². The summed E-state index contributed by atoms with van der Waals surface area (Å²) in [5, 5.41) is 28.2. The molecule has 5 nitrogen and oxygen atoms in total. The summed E-state index contributed by atoms with van der Waals surface area (Å²) in [5.74, 6) is 0.775. The molecule has 96 valence electrons. The number of hydrogen-bond acceptors (Lipinski definition) is 5. The number of aliphatic hydroxyl groups is 2. The van der Waals surface area contributed by atoms with Crippen LogP contribution in [0.1, 0.15) is 5.56 Å². The maximum absolute atomic E-state index is 9.65. The fourth-order valence-corrected chi connectivity index (χ4v) is 2.17. The molecule has 0 amide bonds. The van der Waals surface area contributed by atoms with E-state index in [0.717, 1.165) is 11.3 Å². The van der Waals surface area contributed by atoms with Gasteiger partial charge in [-0.2, -0.15) is 5.26 Å². The standard InChI is InChI=1S/C13H16N2O3/c1-18-10-4-2-9(3-5-10)7-15-8-12(16)13(17)11(15)6-14/h2-5,11-13,16-17H,7-8H2,1H3/t11-,12-,13-/m1/s1. The molecule has 1 aliphatic rings. The molecule has 1 aromatic rings. The summed E-state index contributed by atoms with van der Waals surface area (Å²) >= 11 is 0. The van der Waals surface area contributed by atoms with E-state index in [-0.39, 0.29) is 0 Å². The lowest BCUT2D eigenvalue weighted by molar-refractivity contribution is 0.0477. The number of rotatable bonds is 3. The number of β-amino-alcohol motifs (C(OH)–C–C–N with tert-alkyl or cyclic N) is 1. The number of nitriles is 1. The van der Waals surface area contributed by atoms with Crippen LogP contribution in [0, 0.1) is 11.3 Å². The molecule has 0 unspecified atom stereocenters. The molecule has 1 aromatic carbocycles. The van der Waals surface area contributed by atoms with Gasteiger partial charge in [0.15, 0.2) is 0 Å². The molecule has 1 fully saturated rings. The third kappa shape index (κ3) is 2.46. The van der Waals surface area contributed by atoms with Gasteiger partial charge in [0.25, 0.3) is 0 Å². The van der Waals surface area contributed by atoms with E-state index in [1.165, 1.54) is 0 Å². The normalized spacial score (nSPS) is 28.0. The molecule has 5 heteroatoms. The van der Waals surface area contributed by atoms with E-state index in [1.54, 1.807) is 12.0 Å². The number of aliphatic hydroxyl groups excluding tert-OH is 2. The van der Waals surface area contributed by atoms with E-state index >= 15 is 0 Å². The first-order valence-electron chi connectivity index (χ1n) is 5.78. The topological polar surface area (TPSA) is 76.7 Å². The first kappa shape index (κ1) is 12.8. The Balaban J connectivity index is 2.07. The van der Waals surface area contributed by atoms with Gasteiger partial charge < -0.3 is 14.9 Å². The molecule has 18 heavy (non-hydrogen) atoms. The molecule has 1 saturated heterocycles. The van der Waals surface area contributed by atoms with Gasteiger partial charge >= 0.3 is 0 Å². The van der Waals surface area contributed by atoms with E-state index in [2.05, 4.69) is 0 Å². The van der Waals surface area contributed by atoms with Crippen molar-refractivity contribution in [1.82, 2.24) is 4.90 Å². The Labute approximate surface area is 106 Å². The maximum Gasteiger partial charge on any atom is 0.127 e. The molecule has 0 spiro atoms. The van der Waals surface area contributed by atoms with Crippen LogP contribution in [0.3, 0.4) is 0 Å². The molecule has 3 atom stereocenters. The third-order valence-corrected chi connectivity index (χ3v) is 3.21. The zero-order valence-corrected chi connectivity index (χ0v) is 10.2. The molecule has 2 N–H and O–H groups in total. The van der Waals surface area contributed by atoms with Crippen LogP contribution in [-0.4, -0.2) is 47.0 Å². The van der Waals surface area contributed by atoms with Crippen molar-refractivity contribution in [2.45, 2.75) is 24.8 Å². The van der Waals surface area contributed by atoms with Crippen LogP contribution in [0.5, 0.6) is 5.75 Å². The molecule has 0 aliphatic carbocycles. The van der Waals surface area contributed by atoms with Crippen molar-refractivity contribution in [2.24, 2.45) is 0 Å². The van der Waals surface area contributed by atoms with Crippen molar-refractivity contribution in [2.75, 3.05) is 13.7 Å². The van der Waals surface area contributed by atoms with Gasteiger partial charge in [-0.3, -0.25) is 4.90 Å². The smallest absolute Gasteiger partial charge is 0.127 e. The highest BCUT2D eigenvalue weighted by Crippen LogP contribution is 2.21. The zero-order chi connectivity index (χ0) is 13.1. The SMILES string of the molecule is COc1ccc(CN2C[C@@H](O)[C@H](O)[C@H]2C#N)cc1. The average Bonchev–Trinajstić information content (AvgIpc) is 2.65. The van der Waals surface area contributed by atoms with E-state index < -0.39 is 18.2 Å². The summed E-state index contributed by atoms with van der Waals surface area (Å²) < 4.78 is 5.07. The van der Waals surface area contributed by atoms with Crippen LogP contribution in [0.15, 0.2) is 24.3 Å². The Morgan fingerprint density at radius 1 is 1.39 bits per heavy atom. The monoisotopic (exact) mass is 248 g/mol. The molecule has 1 heterocycles. The summed E-state index contributed by atoms with van der Waals surface area (Å²) in [6.45, 7) is 0.835. The van der Waals surface area contributed by atoms with Crippen molar-refractivity contribution in [3.05, 3.63) is 29.8 Å². The van der Waals surface area contributed by atoms with Gasteiger partial charge in [0.1, 0.15) is 17.9 Å². The first-order chi connectivity index (χ1) is 8.65. The number of benzene rings is 1. The second kappa shape index (κ2) is 5.36. The van der Waals surface area contributed by atoms with Gasteiger partial charge in [-0.1, -0.05) is 12.1 Å². The Kier molecular flexibility index (Phi) is 3.82. The van der Waals surface area contributed by atoms with Crippen LogP contribution in [-0.2, 0) is 6.54 Å². The highest BCUT2D eigenvalue weighted by atomic mass is 16.5. The Morgan fingerprint density at radius 2 is 2.06 bits per heavy atom. The van der Waals surface area contributed by atoms with Crippen molar-refractivity contribution in [1.29, 1.82) is 5.26 Å². The third-order valence-electron chi connectivity index (χ3n) is 3.21. The molecule has 0 bridgehead atoms. The lowest BCUT2D eigenvalue weighted by Gasteiger charge is -2.19. The number of nitrogens with zero attached hydrogens (tertiary/aromatic N) is 2. The summed E-state index contributed by atoms with van der Waals surface area (Å²) in [4.78, 5) is 1.77. The second-order valence-electron chi connectivity index (χ2n) is 4.41. The highest BCUT2D eigenvalue weighted by molar-refractivity contribution is 5.27. The van der Waals surface area contributed by atoms with Gasteiger partial charge in [0.2, 0.25) is 0 Å². The van der Waals surface area contributed by atoms with Gasteiger partial charge in [0.05, 0.1) is 19.3 Å². The second-order valence-corrected chi connectivity index (χ2v) is 4.41. The van der Waals surface area contributed by atoms with E-state index in [9.17, 15) is 10.2 Å². The van der Waals surface area contributed by atoms with Gasteiger partial charge in [0, 0.05) is 13.1 Å². The lowest BCUT2D eigenvalue weighted by Crippen LogP contribution is -2.34. The van der Waals surface area contributed by atoms with Gasteiger partial charge in [-0.05, 0) is 17.7 Å². The molecular formula is C13H16N2O3. The van der Waals surface area contributed by atoms with Crippen molar-refractivity contribution < 1.29 is 14.9 Å². The Bertz CT molecular complexity index is 441. The number of hydrogen-bond donors (Lipinski definition) is 2. The molecular weight excluding hydrogens is 232 g/mol. The molecule has 0 aromatic heterocycles. The van der Waals surface area contributed by atoms with Crippen LogP contribution in [0.4, 0.5) is 0 Å². The van der Waals surface area contributed by atoms with Gasteiger partial charge in [-0.25, -0.2) is 0 Å². The fourth-order valence-electron chi connectivity index (χ4n) is 2.17. The molecule has 0 radical (unpaired) electrons. The summed E-state index contributed by atoms with van der Waals surface area (Å²) in [6.07, 6.45) is -1.85. The Hall–Kier alpha value is -1.61. The average molecular weight is 248 g/mol. The minimum absolute atomic E-state index is 0.311. The summed E-state index contributed by atoms with van der Waals surface area (Å²) in [5.41, 5.74) is 1.01. The van der Waals surface area contributed by atoms with E-state index in [0.29, 0.717) is 13.1 Å². The quantitative estimate of drug-likeness (QED) is 0.795. The van der Waals surface area contributed by atoms with Crippen molar-refractivity contribution >= 4 is 0 Å². The first-order valence-corrected chi connectivity index (χ1v) is 5.78. The van der Waals surface area contributed by atoms with Gasteiger partial charge in [-0.15, -0.1) is 0 Å². The minimum Gasteiger partial charge on any atom is -0.497 e. The van der Waals surface area contributed by atoms with Crippen LogP contribution in [0.25, 0.3) is 0 Å². The summed E-state index contributed by atoms with van der Waals surface area (Å²) in [6, 6.07) is 8.89. The maximum atomic E-state index is 9.65.